The molecule has 0 aliphatic rings. The van der Waals surface area contributed by atoms with Crippen LogP contribution in [0.4, 0.5) is 22.0 Å². The summed E-state index contributed by atoms with van der Waals surface area (Å²) in [6.45, 7) is 0. The van der Waals surface area contributed by atoms with Crippen LogP contribution in [0.2, 0.25) is 0 Å². The van der Waals surface area contributed by atoms with Crippen LogP contribution in [0.5, 0.6) is 5.88 Å². The highest BCUT2D eigenvalue weighted by Crippen LogP contribution is 2.39. The molecule has 0 aliphatic carbocycles. The molecule has 0 N–H and O–H groups in total. The van der Waals surface area contributed by atoms with Crippen molar-refractivity contribution < 1.29 is 36.2 Å². The highest BCUT2D eigenvalue weighted by Gasteiger charge is 2.39. The Morgan fingerprint density at radius 3 is 2.35 bits per heavy atom. The van der Waals surface area contributed by atoms with Crippen LogP contribution in [0.25, 0.3) is 0 Å². The second-order valence-corrected chi connectivity index (χ2v) is 3.64. The highest BCUT2D eigenvalue weighted by atomic mass is 19.4. The van der Waals surface area contributed by atoms with Gasteiger partial charge in [-0.2, -0.15) is 13.2 Å². The van der Waals surface area contributed by atoms with Crippen molar-refractivity contribution in [3.8, 4) is 5.88 Å². The summed E-state index contributed by atoms with van der Waals surface area (Å²) in [6, 6.07) is 0.521. The third-order valence-electron chi connectivity index (χ3n) is 2.35. The minimum Gasteiger partial charge on any atom is -0.481 e. The van der Waals surface area contributed by atoms with Gasteiger partial charge in [-0.05, 0) is 11.6 Å². The van der Waals surface area contributed by atoms with Gasteiger partial charge in [0.15, 0.2) is 0 Å². The van der Waals surface area contributed by atoms with Gasteiger partial charge < -0.3 is 9.47 Å². The largest absolute Gasteiger partial charge is 0.481 e. The third-order valence-corrected chi connectivity index (χ3v) is 2.35. The highest BCUT2D eigenvalue weighted by molar-refractivity contribution is 5.73. The summed E-state index contributed by atoms with van der Waals surface area (Å²) in [5.74, 6) is -2.00. The second-order valence-electron chi connectivity index (χ2n) is 3.64. The minimum absolute atomic E-state index is 0.521. The molecular weight excluding hydrogens is 289 g/mol. The van der Waals surface area contributed by atoms with E-state index in [1.165, 1.54) is 0 Å². The third kappa shape index (κ3) is 3.55. The molecular formula is C11H10F5NO3. The number of carbonyl (C=O) groups excluding carboxylic acids is 1. The molecule has 0 saturated carbocycles. The zero-order valence-corrected chi connectivity index (χ0v) is 10.4. The molecule has 0 unspecified atom stereocenters. The molecule has 0 aromatic carbocycles. The second kappa shape index (κ2) is 6.02. The van der Waals surface area contributed by atoms with Gasteiger partial charge in [0.1, 0.15) is 11.3 Å². The van der Waals surface area contributed by atoms with Gasteiger partial charge in [-0.25, -0.2) is 13.8 Å². The van der Waals surface area contributed by atoms with E-state index in [9.17, 15) is 26.7 Å². The van der Waals surface area contributed by atoms with Crippen molar-refractivity contribution in [2.75, 3.05) is 14.2 Å². The quantitative estimate of drug-likeness (QED) is 0.633. The summed E-state index contributed by atoms with van der Waals surface area (Å²) >= 11 is 0. The lowest BCUT2D eigenvalue weighted by atomic mass is 10.0. The topological polar surface area (TPSA) is 48.4 Å². The summed E-state index contributed by atoms with van der Waals surface area (Å²) in [7, 11) is 1.84. The van der Waals surface area contributed by atoms with Gasteiger partial charge in [0, 0.05) is 0 Å². The van der Waals surface area contributed by atoms with Crippen molar-refractivity contribution in [3.63, 3.8) is 0 Å². The Morgan fingerprint density at radius 2 is 1.95 bits per heavy atom. The number of halogens is 5. The van der Waals surface area contributed by atoms with Gasteiger partial charge in [0.25, 0.3) is 6.43 Å². The van der Waals surface area contributed by atoms with Crippen LogP contribution in [-0.2, 0) is 22.1 Å². The van der Waals surface area contributed by atoms with E-state index in [-0.39, 0.29) is 0 Å². The molecule has 4 nitrogen and oxygen atoms in total. The molecule has 112 valence electrons. The van der Waals surface area contributed by atoms with E-state index in [1.807, 2.05) is 0 Å². The lowest BCUT2D eigenvalue weighted by Gasteiger charge is -2.16. The van der Waals surface area contributed by atoms with Crippen molar-refractivity contribution in [1.82, 2.24) is 4.98 Å². The monoisotopic (exact) mass is 299 g/mol. The molecule has 1 heterocycles. The molecule has 0 atom stereocenters. The summed E-state index contributed by atoms with van der Waals surface area (Å²) in [5.41, 5.74) is -2.95. The van der Waals surface area contributed by atoms with Crippen LogP contribution in [0.3, 0.4) is 0 Å². The number of rotatable bonds is 4. The van der Waals surface area contributed by atoms with Crippen LogP contribution in [-0.4, -0.2) is 25.2 Å². The number of nitrogens with zero attached hydrogens (tertiary/aromatic N) is 1. The molecule has 0 amide bonds. The predicted octanol–water partition coefficient (Wildman–Crippen LogP) is 2.76. The molecule has 0 fully saturated rings. The normalized spacial score (nSPS) is 11.6. The maximum Gasteiger partial charge on any atom is 0.421 e. The van der Waals surface area contributed by atoms with Crippen molar-refractivity contribution in [2.45, 2.75) is 19.0 Å². The maximum atomic E-state index is 12.9. The average molecular weight is 299 g/mol. The van der Waals surface area contributed by atoms with Crippen molar-refractivity contribution in [2.24, 2.45) is 0 Å². The van der Waals surface area contributed by atoms with E-state index in [0.717, 1.165) is 14.2 Å². The number of alkyl halides is 5. The van der Waals surface area contributed by atoms with Gasteiger partial charge in [-0.15, -0.1) is 0 Å². The lowest BCUT2D eigenvalue weighted by Crippen LogP contribution is -2.17. The smallest absolute Gasteiger partial charge is 0.421 e. The van der Waals surface area contributed by atoms with Gasteiger partial charge in [0.2, 0.25) is 5.88 Å². The summed E-state index contributed by atoms with van der Waals surface area (Å²) in [5, 5.41) is 0. The summed E-state index contributed by atoms with van der Waals surface area (Å²) < 4.78 is 72.6. The number of hydrogen-bond donors (Lipinski definition) is 0. The molecule has 20 heavy (non-hydrogen) atoms. The minimum atomic E-state index is -4.90. The van der Waals surface area contributed by atoms with Gasteiger partial charge >= 0.3 is 12.1 Å². The number of carbonyl (C=O) groups is 1. The average Bonchev–Trinajstić information content (AvgIpc) is 2.35. The zero-order chi connectivity index (χ0) is 15.5. The van der Waals surface area contributed by atoms with Crippen molar-refractivity contribution in [1.29, 1.82) is 0 Å². The SMILES string of the molecule is COC(=O)Cc1cc(C(F)F)nc(OC)c1C(F)(F)F. The molecule has 1 aromatic heterocycles. The van der Waals surface area contributed by atoms with E-state index in [2.05, 4.69) is 14.5 Å². The van der Waals surface area contributed by atoms with E-state index in [1.54, 1.807) is 0 Å². The Kier molecular flexibility index (Phi) is 4.85. The summed E-state index contributed by atoms with van der Waals surface area (Å²) in [4.78, 5) is 14.2. The van der Waals surface area contributed by atoms with Crippen LogP contribution >= 0.6 is 0 Å². The molecule has 0 radical (unpaired) electrons. The number of hydrogen-bond acceptors (Lipinski definition) is 4. The van der Waals surface area contributed by atoms with E-state index in [4.69, 9.17) is 0 Å². The van der Waals surface area contributed by atoms with E-state index < -0.39 is 47.7 Å². The van der Waals surface area contributed by atoms with Crippen molar-refractivity contribution >= 4 is 5.97 Å². The van der Waals surface area contributed by atoms with Crippen molar-refractivity contribution in [3.05, 3.63) is 22.9 Å². The maximum absolute atomic E-state index is 12.9. The van der Waals surface area contributed by atoms with Crippen LogP contribution in [0.1, 0.15) is 23.2 Å². The van der Waals surface area contributed by atoms with Crippen LogP contribution < -0.4 is 4.74 Å². The molecule has 1 aromatic rings. The first-order valence-corrected chi connectivity index (χ1v) is 5.20. The summed E-state index contributed by atoms with van der Waals surface area (Å²) in [6.07, 6.45) is -8.81. The molecule has 1 rings (SSSR count). The van der Waals surface area contributed by atoms with Crippen LogP contribution in [0, 0.1) is 0 Å². The molecule has 0 spiro atoms. The Balaban J connectivity index is 3.48. The molecule has 0 aliphatic heterocycles. The number of methoxy groups -OCH3 is 2. The lowest BCUT2D eigenvalue weighted by molar-refractivity contribution is -0.142. The molecule has 0 saturated heterocycles. The predicted molar refractivity (Wildman–Crippen MR) is 56.5 cm³/mol. The Bertz CT molecular complexity index is 502. The van der Waals surface area contributed by atoms with Gasteiger partial charge in [-0.3, -0.25) is 4.79 Å². The first-order chi connectivity index (χ1) is 9.20. The fourth-order valence-corrected chi connectivity index (χ4v) is 1.52. The Morgan fingerprint density at radius 1 is 1.35 bits per heavy atom. The molecule has 0 bridgehead atoms. The zero-order valence-electron chi connectivity index (χ0n) is 10.4. The number of pyridine rings is 1. The number of aromatic nitrogens is 1. The van der Waals surface area contributed by atoms with E-state index in [0.29, 0.717) is 6.07 Å². The fraction of sp³-hybridized carbons (Fsp3) is 0.455. The van der Waals surface area contributed by atoms with E-state index >= 15 is 0 Å². The number of esters is 1. The first kappa shape index (κ1) is 16.1. The van der Waals surface area contributed by atoms with Gasteiger partial charge in [-0.1, -0.05) is 0 Å². The fourth-order valence-electron chi connectivity index (χ4n) is 1.52. The molecule has 9 heteroatoms. The standard InChI is InChI=1S/C11H10F5NO3/c1-19-7(18)4-5-3-6(9(12)13)17-10(20-2)8(5)11(14,15)16/h3,9H,4H2,1-2H3. The van der Waals surface area contributed by atoms with Crippen LogP contribution in [0.15, 0.2) is 6.07 Å². The Hall–Kier alpha value is -1.93. The van der Waals surface area contributed by atoms with Gasteiger partial charge in [0.05, 0.1) is 20.6 Å². The number of ether oxygens (including phenoxy) is 2. The Labute approximate surface area is 110 Å². The first-order valence-electron chi connectivity index (χ1n) is 5.20.